The van der Waals surface area contributed by atoms with Gasteiger partial charge in [-0.1, -0.05) is 24.9 Å². The molecule has 1 aliphatic rings. The van der Waals surface area contributed by atoms with Crippen LogP contribution in [-0.2, 0) is 0 Å². The third-order valence-electron chi connectivity index (χ3n) is 2.91. The summed E-state index contributed by atoms with van der Waals surface area (Å²) >= 11 is 5.37. The lowest BCUT2D eigenvalue weighted by atomic mass is 10.2. The van der Waals surface area contributed by atoms with Crippen molar-refractivity contribution in [2.75, 3.05) is 0 Å². The van der Waals surface area contributed by atoms with E-state index in [0.29, 0.717) is 5.92 Å². The molecule has 0 aromatic carbocycles. The fourth-order valence-electron chi connectivity index (χ4n) is 2.03. The fourth-order valence-corrected chi connectivity index (χ4v) is 2.19. The van der Waals surface area contributed by atoms with Gasteiger partial charge in [-0.3, -0.25) is 14.3 Å². The number of rotatable bonds is 3. The van der Waals surface area contributed by atoms with Crippen LogP contribution in [0.15, 0.2) is 9.59 Å². The maximum atomic E-state index is 13.2. The SMILES string of the molecule is CCCC1CC1n1c(=O)[nH]c(Cl)c(F)c1=O. The molecule has 0 radical (unpaired) electrons. The second-order valence-corrected chi connectivity index (χ2v) is 4.46. The molecule has 2 rings (SSSR count). The molecule has 1 saturated carbocycles. The van der Waals surface area contributed by atoms with Crippen LogP contribution in [0.3, 0.4) is 0 Å². The molecule has 6 heteroatoms. The summed E-state index contributed by atoms with van der Waals surface area (Å²) < 4.78 is 14.2. The van der Waals surface area contributed by atoms with Crippen LogP contribution in [0.25, 0.3) is 0 Å². The van der Waals surface area contributed by atoms with E-state index in [1.807, 2.05) is 6.92 Å². The van der Waals surface area contributed by atoms with Gasteiger partial charge in [0.05, 0.1) is 0 Å². The second-order valence-electron chi connectivity index (χ2n) is 4.09. The summed E-state index contributed by atoms with van der Waals surface area (Å²) in [5, 5.41) is -0.515. The number of halogens is 2. The number of nitrogens with one attached hydrogen (secondary N) is 1. The van der Waals surface area contributed by atoms with Crippen LogP contribution in [0.4, 0.5) is 4.39 Å². The number of H-pyrrole nitrogens is 1. The minimum Gasteiger partial charge on any atom is -0.295 e. The molecule has 88 valence electrons. The topological polar surface area (TPSA) is 54.9 Å². The van der Waals surface area contributed by atoms with Gasteiger partial charge >= 0.3 is 5.69 Å². The van der Waals surface area contributed by atoms with Gasteiger partial charge in [0.1, 0.15) is 0 Å². The smallest absolute Gasteiger partial charge is 0.295 e. The largest absolute Gasteiger partial charge is 0.329 e. The molecule has 0 amide bonds. The Hall–Kier alpha value is -1.10. The summed E-state index contributed by atoms with van der Waals surface area (Å²) in [5.74, 6) is -0.771. The van der Waals surface area contributed by atoms with E-state index in [1.165, 1.54) is 0 Å². The highest BCUT2D eigenvalue weighted by Crippen LogP contribution is 2.44. The van der Waals surface area contributed by atoms with E-state index >= 15 is 0 Å². The average molecular weight is 247 g/mol. The van der Waals surface area contributed by atoms with Crippen molar-refractivity contribution in [1.29, 1.82) is 0 Å². The van der Waals surface area contributed by atoms with Crippen LogP contribution in [0.2, 0.25) is 5.15 Å². The van der Waals surface area contributed by atoms with E-state index in [1.54, 1.807) is 0 Å². The third kappa shape index (κ3) is 1.80. The first-order chi connectivity index (χ1) is 7.56. The Balaban J connectivity index is 2.40. The minimum atomic E-state index is -1.08. The standard InChI is InChI=1S/C10H12ClFN2O2/c1-2-3-5-4-6(5)14-9(15)7(12)8(11)13-10(14)16/h5-6H,2-4H2,1H3,(H,13,16). The van der Waals surface area contributed by atoms with Gasteiger partial charge in [0.25, 0.3) is 5.56 Å². The Morgan fingerprint density at radius 3 is 2.88 bits per heavy atom. The first kappa shape index (κ1) is 11.4. The molecule has 0 spiro atoms. The Morgan fingerprint density at radius 1 is 1.56 bits per heavy atom. The predicted molar refractivity (Wildman–Crippen MR) is 58.3 cm³/mol. The Morgan fingerprint density at radius 2 is 2.25 bits per heavy atom. The Labute approximate surface area is 96.1 Å². The summed E-state index contributed by atoms with van der Waals surface area (Å²) in [7, 11) is 0. The van der Waals surface area contributed by atoms with Gasteiger partial charge in [0, 0.05) is 6.04 Å². The number of aromatic amines is 1. The number of hydrogen-bond acceptors (Lipinski definition) is 2. The van der Waals surface area contributed by atoms with Crippen molar-refractivity contribution in [3.8, 4) is 0 Å². The number of hydrogen-bond donors (Lipinski definition) is 1. The molecule has 1 fully saturated rings. The molecule has 4 nitrogen and oxygen atoms in total. The van der Waals surface area contributed by atoms with Gasteiger partial charge in [-0.2, -0.15) is 4.39 Å². The number of nitrogens with zero attached hydrogens (tertiary/aromatic N) is 1. The summed E-state index contributed by atoms with van der Waals surface area (Å²) in [5.41, 5.74) is -1.54. The first-order valence-corrected chi connectivity index (χ1v) is 5.63. The van der Waals surface area contributed by atoms with Crippen molar-refractivity contribution >= 4 is 11.6 Å². The quantitative estimate of drug-likeness (QED) is 0.826. The highest BCUT2D eigenvalue weighted by Gasteiger charge is 2.40. The van der Waals surface area contributed by atoms with Crippen LogP contribution in [-0.4, -0.2) is 9.55 Å². The maximum Gasteiger partial charge on any atom is 0.329 e. The van der Waals surface area contributed by atoms with Crippen molar-refractivity contribution in [3.05, 3.63) is 31.8 Å². The summed E-state index contributed by atoms with van der Waals surface area (Å²) in [6.45, 7) is 2.03. The molecular weight excluding hydrogens is 235 g/mol. The van der Waals surface area contributed by atoms with E-state index < -0.39 is 22.2 Å². The lowest BCUT2D eigenvalue weighted by molar-refractivity contribution is 0.519. The van der Waals surface area contributed by atoms with Crippen molar-refractivity contribution in [3.63, 3.8) is 0 Å². The van der Waals surface area contributed by atoms with Crippen LogP contribution >= 0.6 is 11.6 Å². The Bertz CT molecular complexity index is 523. The van der Waals surface area contributed by atoms with E-state index in [2.05, 4.69) is 4.98 Å². The number of aromatic nitrogens is 2. The fraction of sp³-hybridized carbons (Fsp3) is 0.600. The summed E-state index contributed by atoms with van der Waals surface area (Å²) in [4.78, 5) is 25.2. The van der Waals surface area contributed by atoms with E-state index in [4.69, 9.17) is 11.6 Å². The van der Waals surface area contributed by atoms with Crippen LogP contribution in [0.1, 0.15) is 32.2 Å². The molecule has 0 aliphatic heterocycles. The van der Waals surface area contributed by atoms with E-state index in [9.17, 15) is 14.0 Å². The van der Waals surface area contributed by atoms with Gasteiger partial charge in [0.15, 0.2) is 5.15 Å². The molecule has 0 saturated heterocycles. The molecular formula is C10H12ClFN2O2. The van der Waals surface area contributed by atoms with E-state index in [0.717, 1.165) is 23.8 Å². The highest BCUT2D eigenvalue weighted by atomic mass is 35.5. The third-order valence-corrected chi connectivity index (χ3v) is 3.17. The molecule has 16 heavy (non-hydrogen) atoms. The zero-order valence-corrected chi connectivity index (χ0v) is 9.55. The van der Waals surface area contributed by atoms with Crippen LogP contribution < -0.4 is 11.2 Å². The normalized spacial score (nSPS) is 23.4. The lowest BCUT2D eigenvalue weighted by Crippen LogP contribution is -2.37. The van der Waals surface area contributed by atoms with Crippen LogP contribution in [0, 0.1) is 11.7 Å². The van der Waals surface area contributed by atoms with Gasteiger partial charge in [-0.05, 0) is 18.8 Å². The average Bonchev–Trinajstić information content (AvgIpc) is 2.95. The highest BCUT2D eigenvalue weighted by molar-refractivity contribution is 6.29. The molecule has 0 bridgehead atoms. The van der Waals surface area contributed by atoms with Crippen molar-refractivity contribution < 1.29 is 4.39 Å². The molecule has 1 N–H and O–H groups in total. The van der Waals surface area contributed by atoms with Crippen molar-refractivity contribution in [2.24, 2.45) is 5.92 Å². The molecule has 1 aliphatic carbocycles. The molecule has 2 unspecified atom stereocenters. The Kier molecular flexibility index (Phi) is 2.88. The molecule has 1 heterocycles. The predicted octanol–water partition coefficient (Wildman–Crippen LogP) is 1.69. The monoisotopic (exact) mass is 246 g/mol. The minimum absolute atomic E-state index is 0.164. The second kappa shape index (κ2) is 4.05. The maximum absolute atomic E-state index is 13.2. The van der Waals surface area contributed by atoms with Crippen molar-refractivity contribution in [1.82, 2.24) is 9.55 Å². The van der Waals surface area contributed by atoms with Gasteiger partial charge in [0.2, 0.25) is 5.82 Å². The van der Waals surface area contributed by atoms with Crippen LogP contribution in [0.5, 0.6) is 0 Å². The lowest BCUT2D eigenvalue weighted by Gasteiger charge is -2.04. The summed E-state index contributed by atoms with van der Waals surface area (Å²) in [6, 6.07) is -0.164. The van der Waals surface area contributed by atoms with E-state index in [-0.39, 0.29) is 6.04 Å². The first-order valence-electron chi connectivity index (χ1n) is 5.26. The summed E-state index contributed by atoms with van der Waals surface area (Å²) in [6.07, 6.45) is 2.70. The molecule has 1 aromatic heterocycles. The van der Waals surface area contributed by atoms with Gasteiger partial charge in [-0.15, -0.1) is 0 Å². The molecule has 1 aromatic rings. The molecule has 2 atom stereocenters. The van der Waals surface area contributed by atoms with Crippen molar-refractivity contribution in [2.45, 2.75) is 32.2 Å². The van der Waals surface area contributed by atoms with Gasteiger partial charge < -0.3 is 0 Å². The van der Waals surface area contributed by atoms with Gasteiger partial charge in [-0.25, -0.2) is 4.79 Å². The zero-order valence-electron chi connectivity index (χ0n) is 8.80. The zero-order chi connectivity index (χ0) is 11.9.